The zero-order valence-corrected chi connectivity index (χ0v) is 9.35. The van der Waals surface area contributed by atoms with Crippen LogP contribution in [0.1, 0.15) is 11.3 Å². The Morgan fingerprint density at radius 1 is 1.29 bits per heavy atom. The van der Waals surface area contributed by atoms with E-state index in [4.69, 9.17) is 10.5 Å². The van der Waals surface area contributed by atoms with Gasteiger partial charge in [-0.05, 0) is 25.1 Å². The molecule has 0 bridgehead atoms. The Morgan fingerprint density at radius 2 is 2.12 bits per heavy atom. The maximum atomic E-state index is 13.7. The zero-order chi connectivity index (χ0) is 12.3. The van der Waals surface area contributed by atoms with E-state index in [-0.39, 0.29) is 12.4 Å². The van der Waals surface area contributed by atoms with Crippen molar-refractivity contribution in [3.05, 3.63) is 47.7 Å². The van der Waals surface area contributed by atoms with Crippen LogP contribution in [0.5, 0.6) is 11.6 Å². The summed E-state index contributed by atoms with van der Waals surface area (Å²) in [6.07, 6.45) is 2.98. The Morgan fingerprint density at radius 3 is 2.76 bits per heavy atom. The average molecular weight is 233 g/mol. The van der Waals surface area contributed by atoms with E-state index in [1.165, 1.54) is 18.5 Å². The maximum Gasteiger partial charge on any atom is 0.256 e. The molecular formula is C12H12FN3O. The molecule has 0 saturated heterocycles. The lowest BCUT2D eigenvalue weighted by molar-refractivity contribution is 0.417. The first-order valence-corrected chi connectivity index (χ1v) is 5.14. The summed E-state index contributed by atoms with van der Waals surface area (Å²) in [5.41, 5.74) is 6.63. The van der Waals surface area contributed by atoms with E-state index in [0.29, 0.717) is 11.3 Å². The molecule has 5 heteroatoms. The highest BCUT2D eigenvalue weighted by molar-refractivity contribution is 5.29. The van der Waals surface area contributed by atoms with Gasteiger partial charge in [-0.25, -0.2) is 9.37 Å². The highest BCUT2D eigenvalue weighted by Crippen LogP contribution is 2.23. The first-order chi connectivity index (χ1) is 8.20. The third-order valence-corrected chi connectivity index (χ3v) is 2.26. The number of hydrogen-bond donors (Lipinski definition) is 1. The molecule has 0 spiro atoms. The first kappa shape index (κ1) is 11.5. The smallest absolute Gasteiger partial charge is 0.256 e. The largest absolute Gasteiger partial charge is 0.435 e. The van der Waals surface area contributed by atoms with Gasteiger partial charge in [0.1, 0.15) is 5.75 Å². The van der Waals surface area contributed by atoms with Crippen LogP contribution in [-0.4, -0.2) is 9.97 Å². The van der Waals surface area contributed by atoms with Crippen molar-refractivity contribution in [2.75, 3.05) is 0 Å². The molecule has 0 amide bonds. The summed E-state index contributed by atoms with van der Waals surface area (Å²) in [6, 6.07) is 5.01. The average Bonchev–Trinajstić information content (AvgIpc) is 2.35. The number of rotatable bonds is 3. The van der Waals surface area contributed by atoms with Crippen molar-refractivity contribution in [2.45, 2.75) is 13.5 Å². The van der Waals surface area contributed by atoms with Gasteiger partial charge in [0, 0.05) is 24.0 Å². The summed E-state index contributed by atoms with van der Waals surface area (Å²) in [5.74, 6) is -0.176. The normalized spacial score (nSPS) is 10.3. The SMILES string of the molecule is Cc1ccc(Oc2nccc(CN)c2F)cn1. The summed E-state index contributed by atoms with van der Waals surface area (Å²) in [5, 5.41) is 0. The molecule has 0 unspecified atom stereocenters. The Kier molecular flexibility index (Phi) is 3.30. The summed E-state index contributed by atoms with van der Waals surface area (Å²) in [6.45, 7) is 1.97. The molecule has 0 aliphatic heterocycles. The van der Waals surface area contributed by atoms with E-state index in [0.717, 1.165) is 5.69 Å². The third-order valence-electron chi connectivity index (χ3n) is 2.26. The number of nitrogens with zero attached hydrogens (tertiary/aromatic N) is 2. The fourth-order valence-electron chi connectivity index (χ4n) is 1.32. The van der Waals surface area contributed by atoms with E-state index >= 15 is 0 Å². The Balaban J connectivity index is 2.27. The monoisotopic (exact) mass is 233 g/mol. The minimum absolute atomic E-state index is 0.0846. The van der Waals surface area contributed by atoms with Crippen molar-refractivity contribution in [1.82, 2.24) is 9.97 Å². The molecule has 0 saturated carbocycles. The topological polar surface area (TPSA) is 61.0 Å². The van der Waals surface area contributed by atoms with Crippen LogP contribution in [0.25, 0.3) is 0 Å². The first-order valence-electron chi connectivity index (χ1n) is 5.14. The van der Waals surface area contributed by atoms with Gasteiger partial charge in [0.25, 0.3) is 5.88 Å². The van der Waals surface area contributed by atoms with Gasteiger partial charge >= 0.3 is 0 Å². The summed E-state index contributed by atoms with van der Waals surface area (Å²) in [4.78, 5) is 7.87. The molecule has 88 valence electrons. The Bertz CT molecular complexity index is 514. The van der Waals surface area contributed by atoms with Crippen LogP contribution in [0.3, 0.4) is 0 Å². The molecule has 2 heterocycles. The fraction of sp³-hybridized carbons (Fsp3) is 0.167. The second kappa shape index (κ2) is 4.88. The molecule has 2 aromatic heterocycles. The molecule has 2 N–H and O–H groups in total. The van der Waals surface area contributed by atoms with Gasteiger partial charge in [-0.3, -0.25) is 4.98 Å². The molecule has 0 atom stereocenters. The van der Waals surface area contributed by atoms with E-state index in [9.17, 15) is 4.39 Å². The lowest BCUT2D eigenvalue weighted by Gasteiger charge is -2.07. The number of halogens is 1. The predicted octanol–water partition coefficient (Wildman–Crippen LogP) is 2.18. The highest BCUT2D eigenvalue weighted by Gasteiger charge is 2.10. The van der Waals surface area contributed by atoms with Crippen LogP contribution in [0.2, 0.25) is 0 Å². The van der Waals surface area contributed by atoms with E-state index in [1.807, 2.05) is 6.92 Å². The van der Waals surface area contributed by atoms with Gasteiger partial charge in [-0.2, -0.15) is 0 Å². The molecular weight excluding hydrogens is 221 g/mol. The minimum Gasteiger partial charge on any atom is -0.435 e. The summed E-state index contributed by atoms with van der Waals surface area (Å²) >= 11 is 0. The minimum atomic E-state index is -0.532. The molecule has 17 heavy (non-hydrogen) atoms. The number of hydrogen-bond acceptors (Lipinski definition) is 4. The number of nitrogens with two attached hydrogens (primary N) is 1. The molecule has 0 radical (unpaired) electrons. The van der Waals surface area contributed by atoms with Crippen molar-refractivity contribution in [3.8, 4) is 11.6 Å². The van der Waals surface area contributed by atoms with Crippen molar-refractivity contribution in [1.29, 1.82) is 0 Å². The third kappa shape index (κ3) is 2.57. The number of ether oxygens (including phenoxy) is 1. The quantitative estimate of drug-likeness (QED) is 0.882. The van der Waals surface area contributed by atoms with E-state index in [2.05, 4.69) is 9.97 Å². The number of aromatic nitrogens is 2. The zero-order valence-electron chi connectivity index (χ0n) is 9.35. The number of aryl methyl sites for hydroxylation is 1. The van der Waals surface area contributed by atoms with Gasteiger partial charge in [0.05, 0.1) is 6.20 Å². The van der Waals surface area contributed by atoms with Crippen LogP contribution in [0.15, 0.2) is 30.6 Å². The van der Waals surface area contributed by atoms with Crippen LogP contribution >= 0.6 is 0 Å². The molecule has 2 rings (SSSR count). The second-order valence-corrected chi connectivity index (χ2v) is 3.53. The van der Waals surface area contributed by atoms with Crippen molar-refractivity contribution >= 4 is 0 Å². The van der Waals surface area contributed by atoms with Gasteiger partial charge in [-0.15, -0.1) is 0 Å². The molecule has 0 aliphatic rings. The van der Waals surface area contributed by atoms with Crippen LogP contribution in [-0.2, 0) is 6.54 Å². The summed E-state index contributed by atoms with van der Waals surface area (Å²) < 4.78 is 19.1. The van der Waals surface area contributed by atoms with Crippen LogP contribution in [0.4, 0.5) is 4.39 Å². The fourth-order valence-corrected chi connectivity index (χ4v) is 1.32. The summed E-state index contributed by atoms with van der Waals surface area (Å²) in [7, 11) is 0. The molecule has 4 nitrogen and oxygen atoms in total. The maximum absolute atomic E-state index is 13.7. The standard InChI is InChI=1S/C12H12FN3O/c1-8-2-3-10(7-16-8)17-12-11(13)9(6-14)4-5-15-12/h2-5,7H,6,14H2,1H3. The lowest BCUT2D eigenvalue weighted by atomic mass is 10.2. The molecule has 2 aromatic rings. The Labute approximate surface area is 98.3 Å². The highest BCUT2D eigenvalue weighted by atomic mass is 19.1. The van der Waals surface area contributed by atoms with Crippen molar-refractivity contribution < 1.29 is 9.13 Å². The Hall–Kier alpha value is -2.01. The second-order valence-electron chi connectivity index (χ2n) is 3.53. The molecule has 0 aromatic carbocycles. The van der Waals surface area contributed by atoms with Gasteiger partial charge in [-0.1, -0.05) is 0 Å². The molecule has 0 fully saturated rings. The van der Waals surface area contributed by atoms with Gasteiger partial charge < -0.3 is 10.5 Å². The predicted molar refractivity (Wildman–Crippen MR) is 61.1 cm³/mol. The van der Waals surface area contributed by atoms with Crippen molar-refractivity contribution in [3.63, 3.8) is 0 Å². The van der Waals surface area contributed by atoms with Gasteiger partial charge in [0.15, 0.2) is 5.82 Å². The van der Waals surface area contributed by atoms with E-state index < -0.39 is 5.82 Å². The lowest BCUT2D eigenvalue weighted by Crippen LogP contribution is -2.02. The van der Waals surface area contributed by atoms with E-state index in [1.54, 1.807) is 12.1 Å². The molecule has 0 aliphatic carbocycles. The van der Waals surface area contributed by atoms with Gasteiger partial charge in [0.2, 0.25) is 0 Å². The van der Waals surface area contributed by atoms with Crippen LogP contribution in [0, 0.1) is 12.7 Å². The van der Waals surface area contributed by atoms with Crippen molar-refractivity contribution in [2.24, 2.45) is 5.73 Å². The van der Waals surface area contributed by atoms with Crippen LogP contribution < -0.4 is 10.5 Å². The number of pyridine rings is 2.